The second-order valence-corrected chi connectivity index (χ2v) is 20.3. The molecule has 0 bridgehead atoms. The number of hydrogen-bond donors (Lipinski definition) is 0. The molecule has 0 heterocycles. The Bertz CT molecular complexity index is 1020. The smallest absolute Gasteiger partial charge is 0.306 e. The molecule has 6 heteroatoms. The van der Waals surface area contributed by atoms with Gasteiger partial charge >= 0.3 is 17.9 Å². The fourth-order valence-electron chi connectivity index (χ4n) is 9.03. The lowest BCUT2D eigenvalue weighted by Gasteiger charge is -2.18. The molecule has 0 aliphatic carbocycles. The maximum absolute atomic E-state index is 12.8. The van der Waals surface area contributed by atoms with Crippen molar-refractivity contribution in [2.75, 3.05) is 13.2 Å². The summed E-state index contributed by atoms with van der Waals surface area (Å²) in [6.45, 7) is 6.69. The van der Waals surface area contributed by atoms with Gasteiger partial charge in [-0.2, -0.15) is 0 Å². The lowest BCUT2D eigenvalue weighted by atomic mass is 10.0. The largest absolute Gasteiger partial charge is 0.462 e. The Balaban J connectivity index is 4.29. The predicted octanol–water partition coefficient (Wildman–Crippen LogP) is 19.7. The second-order valence-electron chi connectivity index (χ2n) is 20.3. The number of carbonyl (C=O) groups excluding carboxylic acids is 3. The molecule has 0 radical (unpaired) electrons. The predicted molar refractivity (Wildman–Crippen MR) is 284 cm³/mol. The Morgan fingerprint density at radius 3 is 0.758 bits per heavy atom. The lowest BCUT2D eigenvalue weighted by Crippen LogP contribution is -2.30. The summed E-state index contributed by atoms with van der Waals surface area (Å²) in [7, 11) is 0. The topological polar surface area (TPSA) is 78.9 Å². The highest BCUT2D eigenvalue weighted by Gasteiger charge is 2.19. The molecule has 0 amide bonds. The summed E-state index contributed by atoms with van der Waals surface area (Å²) < 4.78 is 16.9. The zero-order valence-electron chi connectivity index (χ0n) is 44.7. The van der Waals surface area contributed by atoms with E-state index in [-0.39, 0.29) is 31.1 Å². The number of unbranched alkanes of at least 4 members (excludes halogenated alkanes) is 42. The summed E-state index contributed by atoms with van der Waals surface area (Å²) in [6, 6.07) is 0. The highest BCUT2D eigenvalue weighted by atomic mass is 16.6. The van der Waals surface area contributed by atoms with E-state index in [4.69, 9.17) is 14.2 Å². The molecule has 0 rings (SSSR count). The Kier molecular flexibility index (Phi) is 54.2. The van der Waals surface area contributed by atoms with Gasteiger partial charge in [0, 0.05) is 19.3 Å². The number of hydrogen-bond acceptors (Lipinski definition) is 6. The van der Waals surface area contributed by atoms with Crippen LogP contribution in [0, 0.1) is 0 Å². The standard InChI is InChI=1S/C60H114O6/c1-4-7-10-13-16-19-22-25-28-29-30-31-33-35-38-41-44-47-50-53-59(62)65-56-57(55-64-58(61)52-49-46-43-40-37-34-27-24-21-18-15-12-9-6-3)66-60(63)54-51-48-45-42-39-36-32-26-23-20-17-14-11-8-5-2/h26,32,57H,4-25,27-31,33-56H2,1-3H3/b32-26-. The minimum atomic E-state index is -0.769. The molecule has 0 N–H and O–H groups in total. The third-order valence-electron chi connectivity index (χ3n) is 13.5. The summed E-state index contributed by atoms with van der Waals surface area (Å²) in [5, 5.41) is 0. The number of carbonyl (C=O) groups is 3. The van der Waals surface area contributed by atoms with Gasteiger partial charge in [-0.3, -0.25) is 14.4 Å². The maximum Gasteiger partial charge on any atom is 0.306 e. The SMILES string of the molecule is CCCCCCCC/C=C\CCCCCCCC(=O)OC(COC(=O)CCCCCCCCCCCCCCCC)COC(=O)CCCCCCCCCCCCCCCCCCCCC. The summed E-state index contributed by atoms with van der Waals surface area (Å²) in [5.41, 5.74) is 0. The van der Waals surface area contributed by atoms with Crippen molar-refractivity contribution in [2.24, 2.45) is 0 Å². The van der Waals surface area contributed by atoms with Gasteiger partial charge in [0.15, 0.2) is 6.10 Å². The molecule has 0 aliphatic rings. The first-order valence-electron chi connectivity index (χ1n) is 29.7. The van der Waals surface area contributed by atoms with Gasteiger partial charge in [0.1, 0.15) is 13.2 Å². The third-order valence-corrected chi connectivity index (χ3v) is 13.5. The molecule has 0 saturated heterocycles. The minimum absolute atomic E-state index is 0.0673. The van der Waals surface area contributed by atoms with E-state index in [0.29, 0.717) is 19.3 Å². The van der Waals surface area contributed by atoms with Crippen LogP contribution in [0.25, 0.3) is 0 Å². The monoisotopic (exact) mass is 931 g/mol. The van der Waals surface area contributed by atoms with Crippen LogP contribution in [0.1, 0.15) is 335 Å². The maximum atomic E-state index is 12.8. The van der Waals surface area contributed by atoms with E-state index in [1.54, 1.807) is 0 Å². The van der Waals surface area contributed by atoms with Crippen molar-refractivity contribution in [3.63, 3.8) is 0 Å². The van der Waals surface area contributed by atoms with Crippen LogP contribution in [0.15, 0.2) is 12.2 Å². The van der Waals surface area contributed by atoms with E-state index in [1.807, 2.05) is 0 Å². The minimum Gasteiger partial charge on any atom is -0.462 e. The average molecular weight is 932 g/mol. The molecule has 0 fully saturated rings. The van der Waals surface area contributed by atoms with Crippen molar-refractivity contribution in [2.45, 2.75) is 341 Å². The molecule has 0 aromatic carbocycles. The quantitative estimate of drug-likeness (QED) is 0.0262. The first kappa shape index (κ1) is 64.2. The van der Waals surface area contributed by atoms with Gasteiger partial charge in [-0.25, -0.2) is 0 Å². The summed E-state index contributed by atoms with van der Waals surface area (Å²) >= 11 is 0. The second kappa shape index (κ2) is 55.7. The van der Waals surface area contributed by atoms with Crippen LogP contribution < -0.4 is 0 Å². The Morgan fingerprint density at radius 2 is 0.500 bits per heavy atom. The van der Waals surface area contributed by atoms with Gasteiger partial charge in [-0.15, -0.1) is 0 Å². The van der Waals surface area contributed by atoms with Crippen molar-refractivity contribution in [1.29, 1.82) is 0 Å². The number of ether oxygens (including phenoxy) is 3. The normalized spacial score (nSPS) is 12.0. The highest BCUT2D eigenvalue weighted by molar-refractivity contribution is 5.71. The van der Waals surface area contributed by atoms with Gasteiger partial charge in [0.25, 0.3) is 0 Å². The van der Waals surface area contributed by atoms with Crippen molar-refractivity contribution in [3.05, 3.63) is 12.2 Å². The van der Waals surface area contributed by atoms with Crippen LogP contribution in [0.3, 0.4) is 0 Å². The zero-order chi connectivity index (χ0) is 47.9. The summed E-state index contributed by atoms with van der Waals surface area (Å²) in [5.74, 6) is -0.850. The molecule has 390 valence electrons. The van der Waals surface area contributed by atoms with E-state index >= 15 is 0 Å². The van der Waals surface area contributed by atoms with E-state index in [2.05, 4.69) is 32.9 Å². The van der Waals surface area contributed by atoms with Crippen LogP contribution in [0.5, 0.6) is 0 Å². The van der Waals surface area contributed by atoms with Gasteiger partial charge in [-0.1, -0.05) is 283 Å². The van der Waals surface area contributed by atoms with Crippen LogP contribution in [-0.2, 0) is 28.6 Å². The number of esters is 3. The third kappa shape index (κ3) is 53.1. The number of allylic oxidation sites excluding steroid dienone is 2. The van der Waals surface area contributed by atoms with Crippen molar-refractivity contribution in [1.82, 2.24) is 0 Å². The Morgan fingerprint density at radius 1 is 0.288 bits per heavy atom. The van der Waals surface area contributed by atoms with Gasteiger partial charge < -0.3 is 14.2 Å². The number of rotatable bonds is 55. The van der Waals surface area contributed by atoms with Gasteiger partial charge in [0.2, 0.25) is 0 Å². The Hall–Kier alpha value is -1.85. The van der Waals surface area contributed by atoms with E-state index in [0.717, 1.165) is 64.2 Å². The van der Waals surface area contributed by atoms with Crippen LogP contribution >= 0.6 is 0 Å². The molecular formula is C60H114O6. The molecule has 0 aromatic heterocycles. The molecule has 0 spiro atoms. The first-order chi connectivity index (χ1) is 32.5. The van der Waals surface area contributed by atoms with Crippen LogP contribution in [0.4, 0.5) is 0 Å². The summed E-state index contributed by atoms with van der Waals surface area (Å²) in [6.07, 6.45) is 63.5. The van der Waals surface area contributed by atoms with Crippen LogP contribution in [-0.4, -0.2) is 37.2 Å². The lowest BCUT2D eigenvalue weighted by molar-refractivity contribution is -0.167. The molecule has 0 aromatic rings. The Labute approximate surface area is 411 Å². The van der Waals surface area contributed by atoms with Gasteiger partial charge in [0.05, 0.1) is 0 Å². The highest BCUT2D eigenvalue weighted by Crippen LogP contribution is 2.17. The van der Waals surface area contributed by atoms with E-state index in [9.17, 15) is 14.4 Å². The zero-order valence-corrected chi connectivity index (χ0v) is 44.7. The molecule has 66 heavy (non-hydrogen) atoms. The first-order valence-corrected chi connectivity index (χ1v) is 29.7. The van der Waals surface area contributed by atoms with E-state index < -0.39 is 6.10 Å². The summed E-state index contributed by atoms with van der Waals surface area (Å²) in [4.78, 5) is 38.2. The van der Waals surface area contributed by atoms with Gasteiger partial charge in [-0.05, 0) is 44.9 Å². The fraction of sp³-hybridized carbons (Fsp3) is 0.917. The van der Waals surface area contributed by atoms with Crippen molar-refractivity contribution >= 4 is 17.9 Å². The molecule has 1 unspecified atom stereocenters. The molecular weight excluding hydrogens is 817 g/mol. The molecule has 0 saturated carbocycles. The molecule has 6 nitrogen and oxygen atoms in total. The average Bonchev–Trinajstić information content (AvgIpc) is 3.31. The molecule has 0 aliphatic heterocycles. The van der Waals surface area contributed by atoms with Crippen molar-refractivity contribution < 1.29 is 28.6 Å². The van der Waals surface area contributed by atoms with Crippen molar-refractivity contribution in [3.8, 4) is 0 Å². The van der Waals surface area contributed by atoms with Crippen LogP contribution in [0.2, 0.25) is 0 Å². The van der Waals surface area contributed by atoms with E-state index in [1.165, 1.54) is 231 Å². The molecule has 1 atom stereocenters. The fourth-order valence-corrected chi connectivity index (χ4v) is 9.03.